The SMILES string of the molecule is CCc1c(-c2c(C)nc(NCc3ccccc3F)nc2NC2CC(CO)C(O)C2O)sc2ccnc(C3CC3)c12. The molecule has 2 fully saturated rings. The molecule has 0 radical (unpaired) electrons. The third-order valence-corrected chi connectivity index (χ3v) is 9.33. The minimum Gasteiger partial charge on any atom is -0.396 e. The molecule has 2 aliphatic carbocycles. The first kappa shape index (κ1) is 27.0. The summed E-state index contributed by atoms with van der Waals surface area (Å²) in [6.45, 7) is 4.07. The minimum absolute atomic E-state index is 0.210. The summed E-state index contributed by atoms with van der Waals surface area (Å²) in [7, 11) is 0. The zero-order valence-corrected chi connectivity index (χ0v) is 23.4. The molecule has 1 aromatic carbocycles. The van der Waals surface area contributed by atoms with Crippen LogP contribution in [0.3, 0.4) is 0 Å². The third kappa shape index (κ3) is 4.94. The van der Waals surface area contributed by atoms with Crippen molar-refractivity contribution in [1.29, 1.82) is 0 Å². The van der Waals surface area contributed by atoms with Crippen molar-refractivity contribution in [3.63, 3.8) is 0 Å². The van der Waals surface area contributed by atoms with Gasteiger partial charge in [0, 0.05) is 51.7 Å². The lowest BCUT2D eigenvalue weighted by atomic mass is 10.0. The van der Waals surface area contributed by atoms with Crippen molar-refractivity contribution in [3.8, 4) is 10.4 Å². The van der Waals surface area contributed by atoms with Crippen LogP contribution in [0.15, 0.2) is 36.5 Å². The van der Waals surface area contributed by atoms with E-state index in [2.05, 4.69) is 23.6 Å². The first-order valence-corrected chi connectivity index (χ1v) is 14.7. The number of hydrogen-bond acceptors (Lipinski definition) is 9. The van der Waals surface area contributed by atoms with E-state index in [0.29, 0.717) is 29.7 Å². The van der Waals surface area contributed by atoms with Gasteiger partial charge in [0.05, 0.1) is 29.1 Å². The number of aromatic nitrogens is 3. The Morgan fingerprint density at radius 3 is 2.60 bits per heavy atom. The first-order chi connectivity index (χ1) is 19.4. The number of halogens is 1. The van der Waals surface area contributed by atoms with Crippen molar-refractivity contribution < 1.29 is 19.7 Å². The van der Waals surface area contributed by atoms with Crippen LogP contribution in [0.2, 0.25) is 0 Å². The maximum Gasteiger partial charge on any atom is 0.225 e. The summed E-state index contributed by atoms with van der Waals surface area (Å²) in [5, 5.41) is 38.7. The Labute approximate surface area is 236 Å². The maximum absolute atomic E-state index is 14.3. The molecule has 40 heavy (non-hydrogen) atoms. The summed E-state index contributed by atoms with van der Waals surface area (Å²) < 4.78 is 15.4. The normalized spacial score (nSPS) is 22.6. The van der Waals surface area contributed by atoms with Gasteiger partial charge in [0.1, 0.15) is 17.7 Å². The van der Waals surface area contributed by atoms with E-state index in [1.54, 1.807) is 29.5 Å². The third-order valence-electron chi connectivity index (χ3n) is 8.12. The monoisotopic (exact) mass is 563 g/mol. The Morgan fingerprint density at radius 2 is 1.90 bits per heavy atom. The molecule has 3 heterocycles. The molecule has 0 amide bonds. The fourth-order valence-corrected chi connectivity index (χ4v) is 7.20. The molecule has 0 aliphatic heterocycles. The van der Waals surface area contributed by atoms with Gasteiger partial charge >= 0.3 is 0 Å². The minimum atomic E-state index is -1.06. The zero-order valence-electron chi connectivity index (χ0n) is 22.6. The van der Waals surface area contributed by atoms with Gasteiger partial charge < -0.3 is 26.0 Å². The number of thiophene rings is 1. The number of anilines is 2. The van der Waals surface area contributed by atoms with Crippen LogP contribution in [0.5, 0.6) is 0 Å². The summed E-state index contributed by atoms with van der Waals surface area (Å²) in [6.07, 6.45) is 3.31. The maximum atomic E-state index is 14.3. The van der Waals surface area contributed by atoms with Gasteiger partial charge in [0.25, 0.3) is 0 Å². The summed E-state index contributed by atoms with van der Waals surface area (Å²) in [4.78, 5) is 15.4. The van der Waals surface area contributed by atoms with E-state index in [-0.39, 0.29) is 19.0 Å². The highest BCUT2D eigenvalue weighted by Crippen LogP contribution is 2.49. The molecule has 0 saturated heterocycles. The highest BCUT2D eigenvalue weighted by atomic mass is 32.1. The molecule has 2 saturated carbocycles. The highest BCUT2D eigenvalue weighted by Gasteiger charge is 2.41. The van der Waals surface area contributed by atoms with E-state index in [0.717, 1.165) is 41.1 Å². The predicted octanol–water partition coefficient (Wildman–Crippen LogP) is 4.77. The number of benzene rings is 1. The molecule has 4 aromatic rings. The lowest BCUT2D eigenvalue weighted by Crippen LogP contribution is -2.35. The van der Waals surface area contributed by atoms with Crippen LogP contribution >= 0.6 is 11.3 Å². The molecule has 210 valence electrons. The lowest BCUT2D eigenvalue weighted by Gasteiger charge is -2.22. The van der Waals surface area contributed by atoms with Gasteiger partial charge in [-0.05, 0) is 50.3 Å². The van der Waals surface area contributed by atoms with E-state index >= 15 is 0 Å². The molecule has 0 spiro atoms. The predicted molar refractivity (Wildman–Crippen MR) is 155 cm³/mol. The zero-order chi connectivity index (χ0) is 28.0. The number of nitrogens with one attached hydrogen (secondary N) is 2. The van der Waals surface area contributed by atoms with E-state index in [9.17, 15) is 19.7 Å². The Bertz CT molecular complexity index is 1540. The molecule has 6 rings (SSSR count). The van der Waals surface area contributed by atoms with Crippen molar-refractivity contribution >= 4 is 33.2 Å². The number of aliphatic hydroxyl groups excluding tert-OH is 3. The summed E-state index contributed by atoms with van der Waals surface area (Å²) in [6, 6.07) is 8.11. The summed E-state index contributed by atoms with van der Waals surface area (Å²) in [5.41, 5.74) is 4.44. The lowest BCUT2D eigenvalue weighted by molar-refractivity contribution is 0.00446. The molecule has 4 atom stereocenters. The average Bonchev–Trinajstić information content (AvgIpc) is 3.68. The van der Waals surface area contributed by atoms with E-state index in [1.807, 2.05) is 13.1 Å². The average molecular weight is 564 g/mol. The van der Waals surface area contributed by atoms with Crippen molar-refractivity contribution in [2.24, 2.45) is 5.92 Å². The second kappa shape index (κ2) is 11.0. The summed E-state index contributed by atoms with van der Waals surface area (Å²) >= 11 is 1.69. The van der Waals surface area contributed by atoms with Crippen LogP contribution in [0.4, 0.5) is 16.2 Å². The van der Waals surface area contributed by atoms with E-state index < -0.39 is 24.2 Å². The number of fused-ring (bicyclic) bond motifs is 1. The van der Waals surface area contributed by atoms with Gasteiger partial charge in [-0.1, -0.05) is 25.1 Å². The fraction of sp³-hybridized carbons (Fsp3) is 0.433. The molecular weight excluding hydrogens is 529 g/mol. The molecule has 4 unspecified atom stereocenters. The van der Waals surface area contributed by atoms with Gasteiger partial charge in [-0.25, -0.2) is 9.37 Å². The van der Waals surface area contributed by atoms with E-state index in [4.69, 9.17) is 15.0 Å². The Morgan fingerprint density at radius 1 is 1.10 bits per heavy atom. The molecule has 0 bridgehead atoms. The molecule has 2 aliphatic rings. The molecular formula is C30H34FN5O3S. The standard InChI is InChI=1S/C30H34FN5O3S/c1-3-19-24-22(10-11-32-25(24)16-8-9-16)40-28(19)23-15(2)34-30(33-13-17-6-4-5-7-20(17)31)36-29(23)35-21-12-18(14-37)26(38)27(21)39/h4-7,10-11,16,18,21,26-27,37-39H,3,8-9,12-14H2,1-2H3,(H2,33,34,35,36). The first-order valence-electron chi connectivity index (χ1n) is 13.9. The number of aliphatic hydroxyl groups is 3. The van der Waals surface area contributed by atoms with Crippen LogP contribution in [-0.4, -0.2) is 55.1 Å². The Balaban J connectivity index is 1.44. The topological polar surface area (TPSA) is 123 Å². The molecule has 5 N–H and O–H groups in total. The van der Waals surface area contributed by atoms with Gasteiger partial charge in [0.15, 0.2) is 0 Å². The van der Waals surface area contributed by atoms with Crippen LogP contribution < -0.4 is 10.6 Å². The second-order valence-corrected chi connectivity index (χ2v) is 11.9. The van der Waals surface area contributed by atoms with Gasteiger partial charge in [0.2, 0.25) is 5.95 Å². The number of rotatable bonds is 9. The number of hydrogen-bond donors (Lipinski definition) is 5. The summed E-state index contributed by atoms with van der Waals surface area (Å²) in [5.74, 6) is 0.624. The highest BCUT2D eigenvalue weighted by molar-refractivity contribution is 7.22. The fourth-order valence-electron chi connectivity index (χ4n) is 5.81. The van der Waals surface area contributed by atoms with Crippen LogP contribution in [0.25, 0.3) is 20.5 Å². The van der Waals surface area contributed by atoms with Gasteiger partial charge in [-0.2, -0.15) is 4.98 Å². The van der Waals surface area contributed by atoms with Crippen LogP contribution in [-0.2, 0) is 13.0 Å². The van der Waals surface area contributed by atoms with Crippen molar-refractivity contribution in [1.82, 2.24) is 15.0 Å². The molecule has 8 nitrogen and oxygen atoms in total. The van der Waals surface area contributed by atoms with Crippen molar-refractivity contribution in [2.75, 3.05) is 17.2 Å². The number of nitrogens with zero attached hydrogens (tertiary/aromatic N) is 3. The number of aryl methyl sites for hydroxylation is 2. The molecule has 10 heteroatoms. The quantitative estimate of drug-likeness (QED) is 0.197. The molecule has 3 aromatic heterocycles. The van der Waals surface area contributed by atoms with Gasteiger partial charge in [-0.15, -0.1) is 11.3 Å². The van der Waals surface area contributed by atoms with Crippen LogP contribution in [0.1, 0.15) is 54.6 Å². The number of pyridine rings is 1. The van der Waals surface area contributed by atoms with Crippen LogP contribution in [0, 0.1) is 18.7 Å². The Kier molecular flexibility index (Phi) is 7.43. The Hall–Kier alpha value is -3.18. The smallest absolute Gasteiger partial charge is 0.225 e. The van der Waals surface area contributed by atoms with Crippen molar-refractivity contribution in [2.45, 2.75) is 70.2 Å². The van der Waals surface area contributed by atoms with Gasteiger partial charge in [-0.3, -0.25) is 4.98 Å². The van der Waals surface area contributed by atoms with Crippen molar-refractivity contribution in [3.05, 3.63) is 64.9 Å². The largest absolute Gasteiger partial charge is 0.396 e. The second-order valence-electron chi connectivity index (χ2n) is 10.8. The van der Waals surface area contributed by atoms with E-state index in [1.165, 1.54) is 21.7 Å².